The van der Waals surface area contributed by atoms with E-state index in [1.165, 1.54) is 6.92 Å². The maximum atomic E-state index is 10.3. The fraction of sp³-hybridized carbons (Fsp3) is 0.857. The van der Waals surface area contributed by atoms with Crippen LogP contribution in [0.3, 0.4) is 0 Å². The molecule has 0 bridgehead atoms. The van der Waals surface area contributed by atoms with Crippen molar-refractivity contribution in [3.05, 3.63) is 0 Å². The van der Waals surface area contributed by atoms with Gasteiger partial charge in [0.15, 0.2) is 0 Å². The highest BCUT2D eigenvalue weighted by molar-refractivity contribution is 5.65. The van der Waals surface area contributed by atoms with Crippen molar-refractivity contribution in [2.75, 3.05) is 0 Å². The van der Waals surface area contributed by atoms with Crippen LogP contribution in [0.15, 0.2) is 0 Å². The molecule has 0 spiro atoms. The summed E-state index contributed by atoms with van der Waals surface area (Å²) in [4.78, 5) is 19.4. The van der Waals surface area contributed by atoms with Gasteiger partial charge in [0.25, 0.3) is 0 Å². The van der Waals surface area contributed by atoms with Crippen molar-refractivity contribution in [1.82, 2.24) is 0 Å². The highest BCUT2D eigenvalue weighted by Crippen LogP contribution is 2.13. The molecular weight excluding hydrogens is 132 g/mol. The van der Waals surface area contributed by atoms with Crippen molar-refractivity contribution >= 4 is 5.97 Å². The van der Waals surface area contributed by atoms with Gasteiger partial charge in [-0.1, -0.05) is 6.92 Å². The van der Waals surface area contributed by atoms with Crippen LogP contribution in [0.5, 0.6) is 0 Å². The fourth-order valence-corrected chi connectivity index (χ4v) is 0.230. The molecule has 0 aliphatic rings. The minimum atomic E-state index is -0.415. The second kappa shape index (κ2) is 3.56. The number of carbonyl (C=O) groups excluding carboxylic acids is 1. The molecule has 10 heavy (non-hydrogen) atoms. The van der Waals surface area contributed by atoms with E-state index in [0.717, 1.165) is 6.42 Å². The average Bonchev–Trinajstić information content (AvgIpc) is 1.85. The monoisotopic (exact) mass is 146 g/mol. The summed E-state index contributed by atoms with van der Waals surface area (Å²) in [5, 5.41) is 0. The smallest absolute Gasteiger partial charge is 0.298 e. The van der Waals surface area contributed by atoms with E-state index >= 15 is 0 Å². The summed E-state index contributed by atoms with van der Waals surface area (Å²) in [5.41, 5.74) is -0.369. The summed E-state index contributed by atoms with van der Waals surface area (Å²) >= 11 is 0. The van der Waals surface area contributed by atoms with Crippen LogP contribution in [0.25, 0.3) is 0 Å². The van der Waals surface area contributed by atoms with E-state index < -0.39 is 5.97 Å². The third-order valence-corrected chi connectivity index (χ3v) is 1.24. The molecule has 0 saturated heterocycles. The second-order valence-electron chi connectivity index (χ2n) is 2.77. The molecule has 0 amide bonds. The Morgan fingerprint density at radius 3 is 2.30 bits per heavy atom. The maximum absolute atomic E-state index is 10.3. The van der Waals surface area contributed by atoms with Gasteiger partial charge in [0.2, 0.25) is 0 Å². The lowest BCUT2D eigenvalue weighted by Crippen LogP contribution is -2.24. The molecule has 0 unspecified atom stereocenters. The van der Waals surface area contributed by atoms with E-state index in [1.54, 1.807) is 0 Å². The Balaban J connectivity index is 3.56. The Bertz CT molecular complexity index is 118. The Labute approximate surface area is 61.2 Å². The van der Waals surface area contributed by atoms with Gasteiger partial charge in [-0.15, -0.1) is 0 Å². The summed E-state index contributed by atoms with van der Waals surface area (Å²) < 4.78 is 0. The SMILES string of the molecule is CCC(C)(C)OOC(C)=O. The zero-order valence-corrected chi connectivity index (χ0v) is 6.93. The molecule has 0 fully saturated rings. The highest BCUT2D eigenvalue weighted by atomic mass is 17.2. The molecule has 0 aromatic heterocycles. The molecule has 0 saturated carbocycles. The van der Waals surface area contributed by atoms with Crippen LogP contribution in [0, 0.1) is 0 Å². The number of rotatable bonds is 3. The van der Waals surface area contributed by atoms with E-state index in [1.807, 2.05) is 20.8 Å². The molecule has 0 radical (unpaired) electrons. The van der Waals surface area contributed by atoms with Crippen LogP contribution < -0.4 is 0 Å². The Hall–Kier alpha value is -0.570. The lowest BCUT2D eigenvalue weighted by atomic mass is 10.1. The molecule has 0 heterocycles. The lowest BCUT2D eigenvalue weighted by Gasteiger charge is -2.19. The van der Waals surface area contributed by atoms with Gasteiger partial charge in [-0.2, -0.15) is 4.89 Å². The molecule has 0 aromatic rings. The zero-order chi connectivity index (χ0) is 8.20. The molecule has 3 nitrogen and oxygen atoms in total. The Morgan fingerprint density at radius 1 is 1.50 bits per heavy atom. The third-order valence-electron chi connectivity index (χ3n) is 1.24. The predicted molar refractivity (Wildman–Crippen MR) is 37.2 cm³/mol. The summed E-state index contributed by atoms with van der Waals surface area (Å²) in [5.74, 6) is -0.415. The summed E-state index contributed by atoms with van der Waals surface area (Å²) in [6.07, 6.45) is 0.806. The van der Waals surface area contributed by atoms with Gasteiger partial charge in [0.1, 0.15) is 5.60 Å². The van der Waals surface area contributed by atoms with E-state index in [4.69, 9.17) is 4.89 Å². The maximum Gasteiger partial charge on any atom is 0.339 e. The molecule has 0 atom stereocenters. The summed E-state index contributed by atoms with van der Waals surface area (Å²) in [6, 6.07) is 0. The van der Waals surface area contributed by atoms with Gasteiger partial charge in [0.05, 0.1) is 0 Å². The van der Waals surface area contributed by atoms with E-state index in [2.05, 4.69) is 4.89 Å². The largest absolute Gasteiger partial charge is 0.339 e. The Morgan fingerprint density at radius 2 is 2.00 bits per heavy atom. The minimum absolute atomic E-state index is 0.369. The molecule has 3 heteroatoms. The minimum Gasteiger partial charge on any atom is -0.298 e. The molecular formula is C7H14O3. The Kier molecular flexibility index (Phi) is 3.36. The number of carbonyl (C=O) groups is 1. The van der Waals surface area contributed by atoms with Crippen LogP contribution in [-0.2, 0) is 14.6 Å². The van der Waals surface area contributed by atoms with E-state index in [-0.39, 0.29) is 5.60 Å². The number of hydrogen-bond acceptors (Lipinski definition) is 3. The van der Waals surface area contributed by atoms with Crippen molar-refractivity contribution < 1.29 is 14.6 Å². The summed E-state index contributed by atoms with van der Waals surface area (Å²) in [7, 11) is 0. The highest BCUT2D eigenvalue weighted by Gasteiger charge is 2.17. The van der Waals surface area contributed by atoms with Crippen molar-refractivity contribution in [2.45, 2.75) is 39.7 Å². The number of hydrogen-bond donors (Lipinski definition) is 0. The molecule has 0 N–H and O–H groups in total. The van der Waals surface area contributed by atoms with E-state index in [9.17, 15) is 4.79 Å². The average molecular weight is 146 g/mol. The molecule has 0 aromatic carbocycles. The van der Waals surface area contributed by atoms with Crippen LogP contribution in [0.2, 0.25) is 0 Å². The van der Waals surface area contributed by atoms with Gasteiger partial charge in [-0.05, 0) is 20.3 Å². The third kappa shape index (κ3) is 4.32. The van der Waals surface area contributed by atoms with Gasteiger partial charge in [-0.25, -0.2) is 4.79 Å². The van der Waals surface area contributed by atoms with Crippen LogP contribution in [-0.4, -0.2) is 11.6 Å². The van der Waals surface area contributed by atoms with Crippen LogP contribution >= 0.6 is 0 Å². The van der Waals surface area contributed by atoms with E-state index in [0.29, 0.717) is 0 Å². The van der Waals surface area contributed by atoms with Gasteiger partial charge < -0.3 is 0 Å². The molecule has 0 rings (SSSR count). The van der Waals surface area contributed by atoms with Crippen LogP contribution in [0.4, 0.5) is 0 Å². The first-order valence-electron chi connectivity index (χ1n) is 3.34. The first-order valence-corrected chi connectivity index (χ1v) is 3.34. The first kappa shape index (κ1) is 9.43. The first-order chi connectivity index (χ1) is 4.48. The standard InChI is InChI=1S/C7H14O3/c1-5-7(3,4)10-9-6(2)8/h5H2,1-4H3. The fourth-order valence-electron chi connectivity index (χ4n) is 0.230. The molecule has 60 valence electrons. The van der Waals surface area contributed by atoms with Crippen molar-refractivity contribution in [3.8, 4) is 0 Å². The van der Waals surface area contributed by atoms with Crippen molar-refractivity contribution in [3.63, 3.8) is 0 Å². The quantitative estimate of drug-likeness (QED) is 0.448. The van der Waals surface area contributed by atoms with Crippen molar-refractivity contribution in [2.24, 2.45) is 0 Å². The van der Waals surface area contributed by atoms with Crippen LogP contribution in [0.1, 0.15) is 34.1 Å². The zero-order valence-electron chi connectivity index (χ0n) is 6.93. The lowest BCUT2D eigenvalue weighted by molar-refractivity contribution is -0.323. The normalized spacial score (nSPS) is 11.2. The topological polar surface area (TPSA) is 35.5 Å². The van der Waals surface area contributed by atoms with Gasteiger partial charge in [0, 0.05) is 6.92 Å². The second-order valence-corrected chi connectivity index (χ2v) is 2.77. The van der Waals surface area contributed by atoms with Crippen molar-refractivity contribution in [1.29, 1.82) is 0 Å². The summed E-state index contributed by atoms with van der Waals surface area (Å²) in [6.45, 7) is 6.99. The van der Waals surface area contributed by atoms with Gasteiger partial charge >= 0.3 is 5.97 Å². The molecule has 0 aliphatic heterocycles. The predicted octanol–water partition coefficient (Wildman–Crippen LogP) is 1.67. The van der Waals surface area contributed by atoms with Gasteiger partial charge in [-0.3, -0.25) is 4.89 Å². The molecule has 0 aliphatic carbocycles.